The van der Waals surface area contributed by atoms with Crippen molar-refractivity contribution in [1.82, 2.24) is 0 Å². The highest BCUT2D eigenvalue weighted by molar-refractivity contribution is 6.04. The zero-order valence-corrected chi connectivity index (χ0v) is 24.2. The molecule has 1 aromatic carbocycles. The monoisotopic (exact) mass is 561 g/mol. The summed E-state index contributed by atoms with van der Waals surface area (Å²) in [6, 6.07) is 1.28. The minimum Gasteiger partial charge on any atom is -0.506 e. The fraction of sp³-hybridized carbons (Fsp3) is 0.517. The molecule has 11 heteroatoms. The molecule has 1 aliphatic heterocycles. The van der Waals surface area contributed by atoms with Crippen LogP contribution in [0.1, 0.15) is 39.7 Å². The van der Waals surface area contributed by atoms with Crippen LogP contribution in [-0.2, 0) is 25.4 Å². The molecule has 0 saturated carbocycles. The summed E-state index contributed by atoms with van der Waals surface area (Å²) in [5, 5.41) is 38.5. The van der Waals surface area contributed by atoms with Gasteiger partial charge in [0.2, 0.25) is 0 Å². The molecule has 0 unspecified atom stereocenters. The van der Waals surface area contributed by atoms with Crippen LogP contribution in [0.25, 0.3) is 0 Å². The molecule has 1 heterocycles. The smallest absolute Gasteiger partial charge is 0.405 e. The molecule has 2 amide bonds. The van der Waals surface area contributed by atoms with Crippen molar-refractivity contribution in [3.8, 4) is 11.5 Å². The lowest BCUT2D eigenvalue weighted by Crippen LogP contribution is -2.37. The molecule has 6 atom stereocenters. The van der Waals surface area contributed by atoms with Gasteiger partial charge >= 0.3 is 6.09 Å². The van der Waals surface area contributed by atoms with E-state index in [1.165, 1.54) is 26.4 Å². The number of rotatable bonds is 4. The summed E-state index contributed by atoms with van der Waals surface area (Å²) in [4.78, 5) is 24.6. The molecule has 2 rings (SSSR count). The highest BCUT2D eigenvalue weighted by Gasteiger charge is 2.30. The first kappa shape index (κ1) is 32.7. The number of amides is 2. The van der Waals surface area contributed by atoms with E-state index in [1.54, 1.807) is 39.1 Å². The number of aliphatic hydroxyl groups excluding tert-OH is 1. The molecule has 0 aromatic heterocycles. The Morgan fingerprint density at radius 2 is 1.85 bits per heavy atom. The first-order chi connectivity index (χ1) is 18.8. The van der Waals surface area contributed by atoms with Crippen LogP contribution in [0.4, 0.5) is 16.2 Å². The number of aromatic hydroxyl groups is 2. The Hall–Kier alpha value is -3.54. The van der Waals surface area contributed by atoms with Gasteiger partial charge in [0.15, 0.2) is 6.10 Å². The molecule has 1 aromatic rings. The lowest BCUT2D eigenvalue weighted by atomic mass is 9.87. The number of allylic oxidation sites excluding steroid dienone is 2. The first-order valence-electron chi connectivity index (χ1n) is 13.1. The number of carbonyl (C=O) groups excluding carboxylic acids is 2. The number of ether oxygens (including phenoxy) is 3. The lowest BCUT2D eigenvalue weighted by Gasteiger charge is -2.29. The molecule has 222 valence electrons. The third kappa shape index (κ3) is 8.23. The van der Waals surface area contributed by atoms with Crippen molar-refractivity contribution in [3.63, 3.8) is 0 Å². The number of benzene rings is 1. The minimum atomic E-state index is -0.986. The Labute approximate surface area is 235 Å². The van der Waals surface area contributed by atoms with E-state index in [1.807, 2.05) is 13.8 Å². The van der Waals surface area contributed by atoms with Gasteiger partial charge in [-0.1, -0.05) is 38.2 Å². The summed E-state index contributed by atoms with van der Waals surface area (Å²) in [5.41, 5.74) is 7.07. The maximum atomic E-state index is 12.9. The number of fused-ring (bicyclic) bond motifs is 2. The highest BCUT2D eigenvalue weighted by Crippen LogP contribution is 2.42. The summed E-state index contributed by atoms with van der Waals surface area (Å²) < 4.78 is 16.6. The number of anilines is 2. The zero-order chi connectivity index (χ0) is 30.1. The van der Waals surface area contributed by atoms with Crippen molar-refractivity contribution in [2.45, 2.75) is 65.0 Å². The second kappa shape index (κ2) is 14.7. The van der Waals surface area contributed by atoms with Gasteiger partial charge in [-0.3, -0.25) is 4.79 Å². The summed E-state index contributed by atoms with van der Waals surface area (Å²) in [7, 11) is 4.58. The third-order valence-corrected chi connectivity index (χ3v) is 7.08. The average Bonchev–Trinajstić information content (AvgIpc) is 2.90. The predicted octanol–water partition coefficient (Wildman–Crippen LogP) is 3.60. The number of nitrogens with one attached hydrogen (secondary N) is 2. The van der Waals surface area contributed by atoms with Crippen molar-refractivity contribution in [2.24, 2.45) is 17.6 Å². The van der Waals surface area contributed by atoms with Crippen molar-refractivity contribution in [3.05, 3.63) is 47.1 Å². The lowest BCUT2D eigenvalue weighted by molar-refractivity contribution is -0.112. The van der Waals surface area contributed by atoms with Gasteiger partial charge in [-0.25, -0.2) is 4.79 Å². The van der Waals surface area contributed by atoms with E-state index in [2.05, 4.69) is 10.6 Å². The van der Waals surface area contributed by atoms with Crippen molar-refractivity contribution >= 4 is 23.4 Å². The van der Waals surface area contributed by atoms with Crippen LogP contribution < -0.4 is 16.4 Å². The number of methoxy groups -OCH3 is 2. The van der Waals surface area contributed by atoms with E-state index >= 15 is 0 Å². The number of phenols is 2. The van der Waals surface area contributed by atoms with E-state index in [9.17, 15) is 24.9 Å². The Bertz CT molecular complexity index is 1150. The molecule has 1 aliphatic rings. The molecular formula is C29H43N3O8. The molecule has 0 saturated heterocycles. The molecule has 0 radical (unpaired) electrons. The summed E-state index contributed by atoms with van der Waals surface area (Å²) >= 11 is 0. The molecule has 0 fully saturated rings. The Morgan fingerprint density at radius 1 is 1.18 bits per heavy atom. The third-order valence-electron chi connectivity index (χ3n) is 7.08. The second-order valence-corrected chi connectivity index (χ2v) is 10.2. The largest absolute Gasteiger partial charge is 0.506 e. The zero-order valence-electron chi connectivity index (χ0n) is 24.2. The molecule has 11 nitrogen and oxygen atoms in total. The quantitative estimate of drug-likeness (QED) is 0.182. The predicted molar refractivity (Wildman–Crippen MR) is 153 cm³/mol. The van der Waals surface area contributed by atoms with Crippen LogP contribution in [0.2, 0.25) is 0 Å². The normalized spacial score (nSPS) is 30.2. The van der Waals surface area contributed by atoms with Gasteiger partial charge in [0.25, 0.3) is 5.91 Å². The highest BCUT2D eigenvalue weighted by atomic mass is 16.6. The van der Waals surface area contributed by atoms with Gasteiger partial charge in [0, 0.05) is 44.4 Å². The molecule has 0 aliphatic carbocycles. The number of primary amides is 1. The van der Waals surface area contributed by atoms with Gasteiger partial charge < -0.3 is 45.9 Å². The van der Waals surface area contributed by atoms with Crippen LogP contribution in [0.5, 0.6) is 11.5 Å². The fourth-order valence-electron chi connectivity index (χ4n) is 4.89. The van der Waals surface area contributed by atoms with Crippen LogP contribution >= 0.6 is 0 Å². The Morgan fingerprint density at radius 3 is 2.42 bits per heavy atom. The van der Waals surface area contributed by atoms with Crippen molar-refractivity contribution in [1.29, 1.82) is 0 Å². The van der Waals surface area contributed by atoms with E-state index in [0.717, 1.165) is 0 Å². The Balaban J connectivity index is 2.65. The minimum absolute atomic E-state index is 0.0554. The maximum Gasteiger partial charge on any atom is 0.405 e. The van der Waals surface area contributed by atoms with Crippen LogP contribution in [0.15, 0.2) is 41.5 Å². The molecule has 7 N–H and O–H groups in total. The maximum absolute atomic E-state index is 12.9. The summed E-state index contributed by atoms with van der Waals surface area (Å²) in [6.07, 6.45) is 3.12. The average molecular weight is 562 g/mol. The standard InChI is InChI=1S/C29H43N3O8/c1-15-11-19-24(31-5)21(33)14-20(26(19)35)32-28(36)16(2)9-8-10-22(38-6)27(40-29(30)37)18(4)13-17(3)25(34)23(12-15)39-7/h8-10,13-15,17,22-23,25,27,31,33-35H,11-12H2,1-7H3,(H2,30,37)(H,32,36)/b10-8-,16-9+,18-13+/t15-,17+,22+,23+,25-,27+/m1/s1. The number of nitrogens with two attached hydrogens (primary N) is 1. The number of hydrogen-bond acceptors (Lipinski definition) is 9. The van der Waals surface area contributed by atoms with Crippen molar-refractivity contribution in [2.75, 3.05) is 31.9 Å². The topological polar surface area (TPSA) is 173 Å². The molecule has 2 bridgehead atoms. The van der Waals surface area contributed by atoms with E-state index in [4.69, 9.17) is 19.9 Å². The van der Waals surface area contributed by atoms with Crippen LogP contribution in [0, 0.1) is 11.8 Å². The Kier molecular flexibility index (Phi) is 12.0. The number of phenolic OH excluding ortho intramolecular Hbond substituents is 2. The van der Waals surface area contributed by atoms with Gasteiger partial charge in [0.1, 0.15) is 17.6 Å². The van der Waals surface area contributed by atoms with Crippen LogP contribution in [-0.4, -0.2) is 73.0 Å². The van der Waals surface area contributed by atoms with Crippen LogP contribution in [0.3, 0.4) is 0 Å². The van der Waals surface area contributed by atoms with Crippen molar-refractivity contribution < 1.29 is 39.1 Å². The SMILES string of the molecule is CNc1c(O)cc2c(O)c1C[C@@H](C)C[C@H](OC)[C@H](O)[C@@H](C)/C=C(\C)[C@H](OC(N)=O)[C@@H](OC)/C=C\C=C(/C)C(=O)N2. The molecule has 40 heavy (non-hydrogen) atoms. The van der Waals surface area contributed by atoms with E-state index in [-0.39, 0.29) is 23.1 Å². The fourth-order valence-corrected chi connectivity index (χ4v) is 4.89. The van der Waals surface area contributed by atoms with Gasteiger partial charge in [0.05, 0.1) is 23.6 Å². The van der Waals surface area contributed by atoms with E-state index in [0.29, 0.717) is 35.2 Å². The first-order valence-corrected chi connectivity index (χ1v) is 13.1. The number of hydrogen-bond donors (Lipinski definition) is 6. The van der Waals surface area contributed by atoms with Gasteiger partial charge in [-0.05, 0) is 38.2 Å². The summed E-state index contributed by atoms with van der Waals surface area (Å²) in [5.74, 6) is -1.32. The number of carbonyl (C=O) groups is 2. The van der Waals surface area contributed by atoms with Gasteiger partial charge in [-0.15, -0.1) is 0 Å². The summed E-state index contributed by atoms with van der Waals surface area (Å²) in [6.45, 7) is 7.09. The molecular weight excluding hydrogens is 518 g/mol. The molecule has 0 spiro atoms. The second-order valence-electron chi connectivity index (χ2n) is 10.2. The van der Waals surface area contributed by atoms with E-state index < -0.39 is 42.3 Å². The van der Waals surface area contributed by atoms with Gasteiger partial charge in [-0.2, -0.15) is 0 Å². The number of aliphatic hydroxyl groups is 1.